The van der Waals surface area contributed by atoms with Crippen molar-refractivity contribution in [3.05, 3.63) is 108 Å². The van der Waals surface area contributed by atoms with E-state index in [4.69, 9.17) is 10.5 Å². The lowest BCUT2D eigenvalue weighted by molar-refractivity contribution is -0.150. The highest BCUT2D eigenvalue weighted by molar-refractivity contribution is 5.97. The largest absolute Gasteiger partial charge is 0.457 e. The van der Waals surface area contributed by atoms with Gasteiger partial charge in [-0.05, 0) is 72.0 Å². The van der Waals surface area contributed by atoms with Crippen molar-refractivity contribution in [1.29, 1.82) is 0 Å². The predicted octanol–water partition coefficient (Wildman–Crippen LogP) is 5.20. The first kappa shape index (κ1) is 25.5. The zero-order chi connectivity index (χ0) is 26.3. The van der Waals surface area contributed by atoms with Gasteiger partial charge in [0.1, 0.15) is 23.6 Å². The van der Waals surface area contributed by atoms with Crippen molar-refractivity contribution in [2.24, 2.45) is 5.73 Å². The molecule has 3 N–H and O–H groups in total. The molecule has 1 heterocycles. The van der Waals surface area contributed by atoms with Crippen LogP contribution in [-0.4, -0.2) is 35.3 Å². The van der Waals surface area contributed by atoms with Gasteiger partial charge >= 0.3 is 0 Å². The Kier molecular flexibility index (Phi) is 8.00. The highest BCUT2D eigenvalue weighted by Crippen LogP contribution is 2.26. The van der Waals surface area contributed by atoms with Gasteiger partial charge in [-0.1, -0.05) is 72.8 Å². The standard InChI is InChI=1S/C32H33N3O3/c33-19-7-6-18-30-31(36)34-29(21-25-13-9-12-24-11-4-5-17-28(24)25)32(37)35(30)22-23-10-8-16-27(20-23)38-26-14-2-1-3-15-26/h1-5,8-17,20,29-30H,6-7,18-19,21-22,33H2,(H,34,36)/t29-,30-/m0/s1. The van der Waals surface area contributed by atoms with E-state index in [1.807, 2.05) is 78.9 Å². The molecule has 0 aromatic heterocycles. The second kappa shape index (κ2) is 11.9. The molecule has 6 nitrogen and oxygen atoms in total. The monoisotopic (exact) mass is 507 g/mol. The second-order valence-corrected chi connectivity index (χ2v) is 9.73. The number of benzene rings is 4. The molecule has 0 radical (unpaired) electrons. The number of unbranched alkanes of at least 4 members (excludes halogenated alkanes) is 1. The van der Waals surface area contributed by atoms with Crippen molar-refractivity contribution in [2.45, 2.75) is 44.3 Å². The quantitative estimate of drug-likeness (QED) is 0.289. The molecule has 0 aliphatic carbocycles. The summed E-state index contributed by atoms with van der Waals surface area (Å²) >= 11 is 0. The van der Waals surface area contributed by atoms with Crippen LogP contribution >= 0.6 is 0 Å². The van der Waals surface area contributed by atoms with E-state index in [0.717, 1.165) is 40.5 Å². The minimum atomic E-state index is -0.622. The number of piperazine rings is 1. The number of nitrogens with one attached hydrogen (secondary N) is 1. The number of amides is 2. The molecule has 38 heavy (non-hydrogen) atoms. The number of hydrogen-bond acceptors (Lipinski definition) is 4. The number of fused-ring (bicyclic) bond motifs is 1. The minimum absolute atomic E-state index is 0.0651. The van der Waals surface area contributed by atoms with Crippen molar-refractivity contribution >= 4 is 22.6 Å². The SMILES string of the molecule is NCCCC[C@H]1C(=O)N[C@@H](Cc2cccc3ccccc23)C(=O)N1Cc1cccc(Oc2ccccc2)c1. The van der Waals surface area contributed by atoms with E-state index in [0.29, 0.717) is 31.7 Å². The summed E-state index contributed by atoms with van der Waals surface area (Å²) in [6.45, 7) is 0.891. The Labute approximate surface area is 223 Å². The van der Waals surface area contributed by atoms with Crippen LogP contribution in [0.15, 0.2) is 97.1 Å². The van der Waals surface area contributed by atoms with E-state index < -0.39 is 12.1 Å². The van der Waals surface area contributed by atoms with Gasteiger partial charge in [0.25, 0.3) is 0 Å². The number of nitrogens with zero attached hydrogens (tertiary/aromatic N) is 1. The minimum Gasteiger partial charge on any atom is -0.457 e. The number of carbonyl (C=O) groups is 2. The van der Waals surface area contributed by atoms with Gasteiger partial charge in [0.05, 0.1) is 0 Å². The summed E-state index contributed by atoms with van der Waals surface area (Å²) in [6.07, 6.45) is 2.61. The number of para-hydroxylation sites is 1. The third-order valence-electron chi connectivity index (χ3n) is 7.04. The lowest BCUT2D eigenvalue weighted by Crippen LogP contribution is -2.63. The highest BCUT2D eigenvalue weighted by atomic mass is 16.5. The fourth-order valence-electron chi connectivity index (χ4n) is 5.14. The Bertz CT molecular complexity index is 1400. The lowest BCUT2D eigenvalue weighted by Gasteiger charge is -2.39. The van der Waals surface area contributed by atoms with Gasteiger partial charge in [-0.25, -0.2) is 0 Å². The van der Waals surface area contributed by atoms with Crippen LogP contribution in [0.25, 0.3) is 10.8 Å². The number of hydrogen-bond donors (Lipinski definition) is 2. The molecular formula is C32H33N3O3. The van der Waals surface area contributed by atoms with E-state index in [2.05, 4.69) is 23.5 Å². The van der Waals surface area contributed by atoms with Gasteiger partial charge in [0, 0.05) is 13.0 Å². The van der Waals surface area contributed by atoms with Crippen molar-refractivity contribution in [1.82, 2.24) is 10.2 Å². The van der Waals surface area contributed by atoms with E-state index in [9.17, 15) is 9.59 Å². The fourth-order valence-corrected chi connectivity index (χ4v) is 5.14. The number of nitrogens with two attached hydrogens (primary N) is 1. The van der Waals surface area contributed by atoms with Crippen LogP contribution in [-0.2, 0) is 22.6 Å². The molecule has 4 aromatic carbocycles. The Balaban J connectivity index is 1.39. The lowest BCUT2D eigenvalue weighted by atomic mass is 9.94. The summed E-state index contributed by atoms with van der Waals surface area (Å²) in [5.41, 5.74) is 7.66. The molecule has 1 aliphatic rings. The molecule has 0 saturated carbocycles. The smallest absolute Gasteiger partial charge is 0.246 e. The predicted molar refractivity (Wildman–Crippen MR) is 150 cm³/mol. The zero-order valence-electron chi connectivity index (χ0n) is 21.4. The number of ether oxygens (including phenoxy) is 1. The Morgan fingerprint density at radius 1 is 0.816 bits per heavy atom. The molecule has 1 aliphatic heterocycles. The molecule has 4 aromatic rings. The molecular weight excluding hydrogens is 474 g/mol. The molecule has 0 unspecified atom stereocenters. The molecule has 1 fully saturated rings. The van der Waals surface area contributed by atoms with Crippen molar-refractivity contribution in [3.8, 4) is 11.5 Å². The molecule has 194 valence electrons. The average molecular weight is 508 g/mol. The summed E-state index contributed by atoms with van der Waals surface area (Å²) in [7, 11) is 0. The third kappa shape index (κ3) is 5.87. The fraction of sp³-hybridized carbons (Fsp3) is 0.250. The van der Waals surface area contributed by atoms with Crippen molar-refractivity contribution < 1.29 is 14.3 Å². The van der Waals surface area contributed by atoms with Gasteiger partial charge in [-0.2, -0.15) is 0 Å². The highest BCUT2D eigenvalue weighted by Gasteiger charge is 2.40. The molecule has 1 saturated heterocycles. The molecule has 6 heteroatoms. The molecule has 0 spiro atoms. The third-order valence-corrected chi connectivity index (χ3v) is 7.04. The topological polar surface area (TPSA) is 84.7 Å². The average Bonchev–Trinajstić information content (AvgIpc) is 2.94. The van der Waals surface area contributed by atoms with Gasteiger partial charge < -0.3 is 20.7 Å². The second-order valence-electron chi connectivity index (χ2n) is 9.73. The van der Waals surface area contributed by atoms with E-state index >= 15 is 0 Å². The zero-order valence-corrected chi connectivity index (χ0v) is 21.4. The van der Waals surface area contributed by atoms with Crippen molar-refractivity contribution in [2.75, 3.05) is 6.54 Å². The van der Waals surface area contributed by atoms with E-state index in [1.54, 1.807) is 4.90 Å². The molecule has 2 amide bonds. The summed E-state index contributed by atoms with van der Waals surface area (Å²) in [5, 5.41) is 5.24. The first-order valence-electron chi connectivity index (χ1n) is 13.2. The summed E-state index contributed by atoms with van der Waals surface area (Å²) < 4.78 is 6.01. The van der Waals surface area contributed by atoms with Crippen LogP contribution in [0, 0.1) is 0 Å². The first-order valence-corrected chi connectivity index (χ1v) is 13.2. The maximum absolute atomic E-state index is 13.9. The van der Waals surface area contributed by atoms with Crippen LogP contribution in [0.5, 0.6) is 11.5 Å². The Morgan fingerprint density at radius 2 is 1.55 bits per heavy atom. The number of rotatable bonds is 10. The van der Waals surface area contributed by atoms with Crippen LogP contribution < -0.4 is 15.8 Å². The summed E-state index contributed by atoms with van der Waals surface area (Å²) in [5.74, 6) is 1.26. The molecule has 2 atom stereocenters. The normalized spacial score (nSPS) is 17.4. The first-order chi connectivity index (χ1) is 18.6. The van der Waals surface area contributed by atoms with E-state index in [1.165, 1.54) is 0 Å². The van der Waals surface area contributed by atoms with Crippen LogP contribution in [0.3, 0.4) is 0 Å². The maximum atomic E-state index is 13.9. The van der Waals surface area contributed by atoms with E-state index in [-0.39, 0.29) is 11.8 Å². The molecule has 5 rings (SSSR count). The van der Waals surface area contributed by atoms with Crippen LogP contribution in [0.4, 0.5) is 0 Å². The maximum Gasteiger partial charge on any atom is 0.246 e. The van der Waals surface area contributed by atoms with Crippen LogP contribution in [0.2, 0.25) is 0 Å². The molecule has 0 bridgehead atoms. The number of carbonyl (C=O) groups excluding carboxylic acids is 2. The summed E-state index contributed by atoms with van der Waals surface area (Å²) in [4.78, 5) is 29.0. The van der Waals surface area contributed by atoms with Gasteiger partial charge in [0.2, 0.25) is 11.8 Å². The van der Waals surface area contributed by atoms with Crippen LogP contribution in [0.1, 0.15) is 30.4 Å². The summed E-state index contributed by atoms with van der Waals surface area (Å²) in [6, 6.07) is 30.4. The van der Waals surface area contributed by atoms with Gasteiger partial charge in [0.15, 0.2) is 0 Å². The van der Waals surface area contributed by atoms with Gasteiger partial charge in [-0.3, -0.25) is 9.59 Å². The van der Waals surface area contributed by atoms with Crippen molar-refractivity contribution in [3.63, 3.8) is 0 Å². The Hall–Kier alpha value is -4.16. The van der Waals surface area contributed by atoms with Gasteiger partial charge in [-0.15, -0.1) is 0 Å². The Morgan fingerprint density at radius 3 is 2.39 bits per heavy atom.